The lowest BCUT2D eigenvalue weighted by atomic mass is 10.1. The van der Waals surface area contributed by atoms with Gasteiger partial charge in [-0.2, -0.15) is 4.91 Å². The number of Topliss-reactive ketones (excluding diaryl/α,β-unsaturated/α-hetero) is 1. The van der Waals surface area contributed by atoms with E-state index >= 15 is 0 Å². The number of nitroso groups, excluding NO2 is 1. The first-order valence-electron chi connectivity index (χ1n) is 6.90. The molecular formula is C17H16ClNO3. The molecule has 0 spiro atoms. The highest BCUT2D eigenvalue weighted by atomic mass is 35.5. The van der Waals surface area contributed by atoms with E-state index < -0.39 is 6.04 Å². The Morgan fingerprint density at radius 2 is 1.64 bits per heavy atom. The molecule has 0 N–H and O–H groups in total. The van der Waals surface area contributed by atoms with Crippen molar-refractivity contribution in [3.05, 3.63) is 69.6 Å². The summed E-state index contributed by atoms with van der Waals surface area (Å²) >= 11 is 5.86. The van der Waals surface area contributed by atoms with Crippen LogP contribution in [0.5, 0.6) is 5.75 Å². The number of rotatable bonds is 6. The SMILES string of the molecule is CC(N=O)C(=O)c1ccc(OC(C)c2ccc(Cl)cc2)cc1. The van der Waals surface area contributed by atoms with Gasteiger partial charge >= 0.3 is 0 Å². The lowest BCUT2D eigenvalue weighted by Gasteiger charge is -2.15. The molecule has 0 aromatic heterocycles. The van der Waals surface area contributed by atoms with Crippen molar-refractivity contribution < 1.29 is 9.53 Å². The highest BCUT2D eigenvalue weighted by Gasteiger charge is 2.15. The van der Waals surface area contributed by atoms with Gasteiger partial charge < -0.3 is 4.74 Å². The van der Waals surface area contributed by atoms with Gasteiger partial charge in [0.2, 0.25) is 0 Å². The molecule has 2 aromatic carbocycles. The van der Waals surface area contributed by atoms with Gasteiger partial charge in [0.25, 0.3) is 0 Å². The number of benzene rings is 2. The Labute approximate surface area is 134 Å². The van der Waals surface area contributed by atoms with Crippen LogP contribution in [-0.4, -0.2) is 11.8 Å². The topological polar surface area (TPSA) is 55.7 Å². The monoisotopic (exact) mass is 317 g/mol. The fourth-order valence-corrected chi connectivity index (χ4v) is 2.12. The number of halogens is 1. The third-order valence-electron chi connectivity index (χ3n) is 3.33. The second-order valence-corrected chi connectivity index (χ2v) is 5.42. The number of carbonyl (C=O) groups excluding carboxylic acids is 1. The van der Waals surface area contributed by atoms with Gasteiger partial charge in [0.05, 0.1) is 0 Å². The van der Waals surface area contributed by atoms with Gasteiger partial charge in [0.15, 0.2) is 11.8 Å². The molecule has 2 rings (SSSR count). The minimum Gasteiger partial charge on any atom is -0.486 e. The fraction of sp³-hybridized carbons (Fsp3) is 0.235. The lowest BCUT2D eigenvalue weighted by Crippen LogP contribution is -2.13. The van der Waals surface area contributed by atoms with E-state index in [4.69, 9.17) is 16.3 Å². The van der Waals surface area contributed by atoms with Gasteiger partial charge in [-0.3, -0.25) is 4.79 Å². The molecule has 0 heterocycles. The second kappa shape index (κ2) is 7.18. The Balaban J connectivity index is 2.06. The van der Waals surface area contributed by atoms with Crippen LogP contribution in [0.3, 0.4) is 0 Å². The van der Waals surface area contributed by atoms with E-state index in [1.165, 1.54) is 6.92 Å². The normalized spacial score (nSPS) is 13.2. The van der Waals surface area contributed by atoms with Gasteiger partial charge in [-0.05, 0) is 55.8 Å². The van der Waals surface area contributed by atoms with Crippen LogP contribution in [0.4, 0.5) is 0 Å². The Morgan fingerprint density at radius 3 is 2.18 bits per heavy atom. The van der Waals surface area contributed by atoms with Crippen LogP contribution in [0.2, 0.25) is 5.02 Å². The highest BCUT2D eigenvalue weighted by Crippen LogP contribution is 2.23. The number of ketones is 1. The van der Waals surface area contributed by atoms with Crippen molar-refractivity contribution in [3.8, 4) is 5.75 Å². The maximum atomic E-state index is 11.8. The van der Waals surface area contributed by atoms with E-state index in [1.807, 2.05) is 31.2 Å². The van der Waals surface area contributed by atoms with E-state index in [2.05, 4.69) is 5.18 Å². The molecule has 0 fully saturated rings. The van der Waals surface area contributed by atoms with E-state index in [1.54, 1.807) is 24.3 Å². The van der Waals surface area contributed by atoms with Crippen molar-refractivity contribution in [2.24, 2.45) is 5.18 Å². The van der Waals surface area contributed by atoms with Crippen molar-refractivity contribution in [1.82, 2.24) is 0 Å². The van der Waals surface area contributed by atoms with E-state index in [0.717, 1.165) is 5.56 Å². The third-order valence-corrected chi connectivity index (χ3v) is 3.58. The van der Waals surface area contributed by atoms with E-state index in [0.29, 0.717) is 16.3 Å². The van der Waals surface area contributed by atoms with Crippen molar-refractivity contribution in [1.29, 1.82) is 0 Å². The first kappa shape index (κ1) is 16.2. The summed E-state index contributed by atoms with van der Waals surface area (Å²) in [4.78, 5) is 22.2. The molecule has 5 heteroatoms. The average molecular weight is 318 g/mol. The highest BCUT2D eigenvalue weighted by molar-refractivity contribution is 6.30. The summed E-state index contributed by atoms with van der Waals surface area (Å²) < 4.78 is 5.82. The molecule has 0 aliphatic carbocycles. The standard InChI is InChI=1S/C17H16ClNO3/c1-11(19-21)17(20)14-5-9-16(10-6-14)22-12(2)13-3-7-15(18)8-4-13/h3-12H,1-2H3. The summed E-state index contributed by atoms with van der Waals surface area (Å²) in [5, 5.41) is 3.42. The number of hydrogen-bond donors (Lipinski definition) is 0. The molecule has 0 aliphatic rings. The van der Waals surface area contributed by atoms with Crippen molar-refractivity contribution in [2.75, 3.05) is 0 Å². The molecule has 0 amide bonds. The molecule has 114 valence electrons. The molecule has 2 unspecified atom stereocenters. The van der Waals surface area contributed by atoms with Crippen molar-refractivity contribution >= 4 is 17.4 Å². The maximum Gasteiger partial charge on any atom is 0.190 e. The Bertz CT molecular complexity index is 653. The van der Waals surface area contributed by atoms with Gasteiger partial charge in [-0.15, -0.1) is 0 Å². The summed E-state index contributed by atoms with van der Waals surface area (Å²) in [6, 6.07) is 13.2. The molecule has 22 heavy (non-hydrogen) atoms. The summed E-state index contributed by atoms with van der Waals surface area (Å²) in [6.45, 7) is 3.41. The minimum atomic E-state index is -0.875. The van der Waals surface area contributed by atoms with Gasteiger partial charge in [-0.1, -0.05) is 28.9 Å². The van der Waals surface area contributed by atoms with E-state index in [-0.39, 0.29) is 11.9 Å². The van der Waals surface area contributed by atoms with Crippen LogP contribution < -0.4 is 4.74 Å². The number of nitrogens with zero attached hydrogens (tertiary/aromatic N) is 1. The van der Waals surface area contributed by atoms with Gasteiger partial charge in [0, 0.05) is 10.6 Å². The zero-order valence-electron chi connectivity index (χ0n) is 12.3. The van der Waals surface area contributed by atoms with Crippen LogP contribution in [0.15, 0.2) is 53.7 Å². The number of carbonyl (C=O) groups is 1. The van der Waals surface area contributed by atoms with Crippen LogP contribution >= 0.6 is 11.6 Å². The zero-order valence-corrected chi connectivity index (χ0v) is 13.1. The third kappa shape index (κ3) is 3.92. The smallest absolute Gasteiger partial charge is 0.190 e. The maximum absolute atomic E-state index is 11.8. The predicted molar refractivity (Wildman–Crippen MR) is 86.5 cm³/mol. The average Bonchev–Trinajstić information content (AvgIpc) is 2.54. The molecule has 0 saturated heterocycles. The number of hydrogen-bond acceptors (Lipinski definition) is 4. The fourth-order valence-electron chi connectivity index (χ4n) is 1.99. The van der Waals surface area contributed by atoms with Gasteiger partial charge in [-0.25, -0.2) is 0 Å². The molecule has 4 nitrogen and oxygen atoms in total. The molecular weight excluding hydrogens is 302 g/mol. The summed E-state index contributed by atoms with van der Waals surface area (Å²) in [5.41, 5.74) is 1.45. The van der Waals surface area contributed by atoms with Crippen LogP contribution in [-0.2, 0) is 0 Å². The molecule has 0 radical (unpaired) electrons. The Kier molecular flexibility index (Phi) is 5.28. The van der Waals surface area contributed by atoms with Crippen LogP contribution in [0.1, 0.15) is 35.9 Å². The Hall–Kier alpha value is -2.20. The lowest BCUT2D eigenvalue weighted by molar-refractivity contribution is 0.0968. The molecule has 2 aromatic rings. The largest absolute Gasteiger partial charge is 0.486 e. The quantitative estimate of drug-likeness (QED) is 0.567. The minimum absolute atomic E-state index is 0.144. The first-order valence-corrected chi connectivity index (χ1v) is 7.28. The second-order valence-electron chi connectivity index (χ2n) is 4.98. The van der Waals surface area contributed by atoms with Crippen LogP contribution in [0.25, 0.3) is 0 Å². The Morgan fingerprint density at radius 1 is 1.05 bits per heavy atom. The zero-order chi connectivity index (χ0) is 16.1. The van der Waals surface area contributed by atoms with Gasteiger partial charge in [0.1, 0.15) is 11.9 Å². The molecule has 0 bridgehead atoms. The molecule has 0 aliphatic heterocycles. The first-order chi connectivity index (χ1) is 10.5. The summed E-state index contributed by atoms with van der Waals surface area (Å²) in [5.74, 6) is 0.345. The number of ether oxygens (including phenoxy) is 1. The predicted octanol–water partition coefficient (Wildman–Crippen LogP) is 4.82. The molecule has 0 saturated carbocycles. The van der Waals surface area contributed by atoms with Crippen molar-refractivity contribution in [2.45, 2.75) is 26.0 Å². The van der Waals surface area contributed by atoms with Crippen molar-refractivity contribution in [3.63, 3.8) is 0 Å². The summed E-state index contributed by atoms with van der Waals surface area (Å²) in [6.07, 6.45) is -0.144. The van der Waals surface area contributed by atoms with E-state index in [9.17, 15) is 9.70 Å². The summed E-state index contributed by atoms with van der Waals surface area (Å²) in [7, 11) is 0. The van der Waals surface area contributed by atoms with Crippen LogP contribution in [0, 0.1) is 4.91 Å². The molecule has 2 atom stereocenters.